The number of pyridine rings is 1. The van der Waals surface area contributed by atoms with E-state index in [0.29, 0.717) is 30.6 Å². The maximum Gasteiger partial charge on any atom is 0.302 e. The normalized spacial score (nSPS) is 20.5. The summed E-state index contributed by atoms with van der Waals surface area (Å²) in [4.78, 5) is 28.2. The van der Waals surface area contributed by atoms with Crippen molar-refractivity contribution in [1.29, 1.82) is 0 Å². The second-order valence-electron chi connectivity index (χ2n) is 7.59. The molecule has 32 heavy (non-hydrogen) atoms. The number of nitrogens with one attached hydrogen (secondary N) is 1. The lowest BCUT2D eigenvalue weighted by Gasteiger charge is -2.36. The van der Waals surface area contributed by atoms with Crippen molar-refractivity contribution >= 4 is 11.9 Å². The van der Waals surface area contributed by atoms with Gasteiger partial charge in [-0.2, -0.15) is 0 Å². The van der Waals surface area contributed by atoms with Gasteiger partial charge in [-0.05, 0) is 49.1 Å². The number of carbonyl (C=O) groups is 2. The molecule has 0 radical (unpaired) electrons. The van der Waals surface area contributed by atoms with Crippen LogP contribution in [0.1, 0.15) is 48.0 Å². The van der Waals surface area contributed by atoms with Crippen LogP contribution in [-0.2, 0) is 9.53 Å². The molecule has 3 atom stereocenters. The summed E-state index contributed by atoms with van der Waals surface area (Å²) in [6, 6.07) is 8.19. The number of rotatable bonds is 8. The minimum Gasteiger partial charge on any atom is -0.493 e. The van der Waals surface area contributed by atoms with Gasteiger partial charge in [-0.25, -0.2) is 8.78 Å². The topological polar surface area (TPSA) is 86.8 Å². The fourth-order valence-electron chi connectivity index (χ4n) is 3.95. The first-order chi connectivity index (χ1) is 15.4. The zero-order valence-electron chi connectivity index (χ0n) is 17.9. The van der Waals surface area contributed by atoms with Gasteiger partial charge in [0.05, 0.1) is 12.7 Å². The molecule has 1 amide bonds. The van der Waals surface area contributed by atoms with Crippen molar-refractivity contribution in [2.45, 2.75) is 50.7 Å². The SMILES string of the molecule is COc1ccc(C2CC(OC(C)=O)CCC2NC(=O)c2cccnc2)cc1OCC(F)F. The van der Waals surface area contributed by atoms with Gasteiger partial charge in [0, 0.05) is 31.3 Å². The van der Waals surface area contributed by atoms with Crippen LogP contribution in [0.3, 0.4) is 0 Å². The molecule has 0 bridgehead atoms. The number of amides is 1. The van der Waals surface area contributed by atoms with Gasteiger partial charge in [-0.3, -0.25) is 14.6 Å². The Hall–Kier alpha value is -3.23. The van der Waals surface area contributed by atoms with E-state index in [-0.39, 0.29) is 35.7 Å². The van der Waals surface area contributed by atoms with Crippen LogP contribution in [0.15, 0.2) is 42.7 Å². The summed E-state index contributed by atoms with van der Waals surface area (Å²) in [5, 5.41) is 3.04. The van der Waals surface area contributed by atoms with E-state index in [2.05, 4.69) is 10.3 Å². The van der Waals surface area contributed by atoms with Crippen molar-refractivity contribution in [3.8, 4) is 11.5 Å². The summed E-state index contributed by atoms with van der Waals surface area (Å²) in [6.07, 6.45) is 1.78. The van der Waals surface area contributed by atoms with E-state index < -0.39 is 13.0 Å². The molecule has 0 saturated heterocycles. The van der Waals surface area contributed by atoms with Crippen LogP contribution in [0.2, 0.25) is 0 Å². The molecule has 1 fully saturated rings. The van der Waals surface area contributed by atoms with Crippen molar-refractivity contribution in [3.05, 3.63) is 53.9 Å². The number of esters is 1. The van der Waals surface area contributed by atoms with Crippen LogP contribution in [0, 0.1) is 0 Å². The maximum absolute atomic E-state index is 12.7. The Kier molecular flexibility index (Phi) is 7.97. The Balaban J connectivity index is 1.86. The zero-order valence-corrected chi connectivity index (χ0v) is 17.9. The van der Waals surface area contributed by atoms with E-state index in [1.165, 1.54) is 20.2 Å². The van der Waals surface area contributed by atoms with E-state index in [1.807, 2.05) is 0 Å². The maximum atomic E-state index is 12.7. The standard InChI is InChI=1S/C23H26F2N2O5/c1-14(28)32-17-6-7-19(27-23(29)16-4-3-9-26-12-16)18(11-17)15-5-8-20(30-2)21(10-15)31-13-22(24)25/h3-5,8-10,12,17-19,22H,6-7,11,13H2,1-2H3,(H,27,29). The minimum absolute atomic E-state index is 0.192. The van der Waals surface area contributed by atoms with Crippen LogP contribution in [0.25, 0.3) is 0 Å². The summed E-state index contributed by atoms with van der Waals surface area (Å²) in [6.45, 7) is 0.594. The largest absolute Gasteiger partial charge is 0.493 e. The second kappa shape index (κ2) is 10.9. The number of hydrogen-bond donors (Lipinski definition) is 1. The molecule has 1 saturated carbocycles. The van der Waals surface area contributed by atoms with Crippen molar-refractivity contribution in [3.63, 3.8) is 0 Å². The fraction of sp³-hybridized carbons (Fsp3) is 0.435. The third-order valence-electron chi connectivity index (χ3n) is 5.36. The van der Waals surface area contributed by atoms with Gasteiger partial charge in [0.15, 0.2) is 11.5 Å². The number of methoxy groups -OCH3 is 1. The number of ether oxygens (including phenoxy) is 3. The fourth-order valence-corrected chi connectivity index (χ4v) is 3.95. The lowest BCUT2D eigenvalue weighted by Crippen LogP contribution is -2.44. The third-order valence-corrected chi connectivity index (χ3v) is 5.36. The predicted octanol–water partition coefficient (Wildman–Crippen LogP) is 3.73. The first-order valence-corrected chi connectivity index (χ1v) is 10.3. The molecule has 3 unspecified atom stereocenters. The molecule has 172 valence electrons. The van der Waals surface area contributed by atoms with E-state index in [9.17, 15) is 18.4 Å². The highest BCUT2D eigenvalue weighted by molar-refractivity contribution is 5.94. The number of carbonyl (C=O) groups excluding carboxylic acids is 2. The number of nitrogens with zero attached hydrogens (tertiary/aromatic N) is 1. The Morgan fingerprint density at radius 1 is 1.22 bits per heavy atom. The van der Waals surface area contributed by atoms with Gasteiger partial charge < -0.3 is 19.5 Å². The molecule has 1 heterocycles. The van der Waals surface area contributed by atoms with Crippen LogP contribution >= 0.6 is 0 Å². The first kappa shape index (κ1) is 23.4. The Morgan fingerprint density at radius 2 is 2.03 bits per heavy atom. The van der Waals surface area contributed by atoms with Crippen LogP contribution in [0.5, 0.6) is 11.5 Å². The van der Waals surface area contributed by atoms with Gasteiger partial charge in [-0.1, -0.05) is 6.07 Å². The first-order valence-electron chi connectivity index (χ1n) is 10.3. The smallest absolute Gasteiger partial charge is 0.302 e. The third kappa shape index (κ3) is 6.15. The van der Waals surface area contributed by atoms with Crippen LogP contribution in [-0.4, -0.2) is 49.1 Å². The average Bonchev–Trinajstić information content (AvgIpc) is 2.78. The monoisotopic (exact) mass is 448 g/mol. The summed E-state index contributed by atoms with van der Waals surface area (Å²) in [7, 11) is 1.43. The molecular formula is C23H26F2N2O5. The molecule has 1 aromatic heterocycles. The highest BCUT2D eigenvalue weighted by Crippen LogP contribution is 2.39. The van der Waals surface area contributed by atoms with Crippen molar-refractivity contribution in [2.24, 2.45) is 0 Å². The van der Waals surface area contributed by atoms with Gasteiger partial charge in [0.25, 0.3) is 12.3 Å². The quantitative estimate of drug-likeness (QED) is 0.620. The molecule has 1 aliphatic rings. The number of aromatic nitrogens is 1. The predicted molar refractivity (Wildman–Crippen MR) is 112 cm³/mol. The molecule has 2 aromatic rings. The summed E-state index contributed by atoms with van der Waals surface area (Å²) < 4.78 is 41.3. The highest BCUT2D eigenvalue weighted by Gasteiger charge is 2.34. The Bertz CT molecular complexity index is 926. The van der Waals surface area contributed by atoms with Gasteiger partial charge in [0.2, 0.25) is 0 Å². The van der Waals surface area contributed by atoms with Gasteiger partial charge in [-0.15, -0.1) is 0 Å². The number of alkyl halides is 2. The molecule has 1 N–H and O–H groups in total. The number of halogens is 2. The van der Waals surface area contributed by atoms with Crippen molar-refractivity contribution < 1.29 is 32.6 Å². The second-order valence-corrected chi connectivity index (χ2v) is 7.59. The molecule has 0 aliphatic heterocycles. The van der Waals surface area contributed by atoms with Crippen molar-refractivity contribution in [1.82, 2.24) is 10.3 Å². The van der Waals surface area contributed by atoms with Crippen LogP contribution < -0.4 is 14.8 Å². The van der Waals surface area contributed by atoms with Gasteiger partial charge >= 0.3 is 5.97 Å². The number of benzene rings is 1. The van der Waals surface area contributed by atoms with Crippen molar-refractivity contribution in [2.75, 3.05) is 13.7 Å². The van der Waals surface area contributed by atoms with E-state index >= 15 is 0 Å². The molecule has 9 heteroatoms. The molecule has 0 spiro atoms. The summed E-state index contributed by atoms with van der Waals surface area (Å²) >= 11 is 0. The van der Waals surface area contributed by atoms with Crippen LogP contribution in [0.4, 0.5) is 8.78 Å². The number of hydrogen-bond acceptors (Lipinski definition) is 6. The molecule has 1 aromatic carbocycles. The minimum atomic E-state index is -2.63. The van der Waals surface area contributed by atoms with E-state index in [4.69, 9.17) is 14.2 Å². The average molecular weight is 448 g/mol. The summed E-state index contributed by atoms with van der Waals surface area (Å²) in [5.74, 6) is -0.340. The highest BCUT2D eigenvalue weighted by atomic mass is 19.3. The van der Waals surface area contributed by atoms with E-state index in [1.54, 1.807) is 36.5 Å². The Morgan fingerprint density at radius 3 is 2.69 bits per heavy atom. The molecule has 7 nitrogen and oxygen atoms in total. The van der Waals surface area contributed by atoms with Gasteiger partial charge in [0.1, 0.15) is 12.7 Å². The van der Waals surface area contributed by atoms with E-state index in [0.717, 1.165) is 5.56 Å². The Labute approximate surface area is 185 Å². The molecule has 3 rings (SSSR count). The zero-order chi connectivity index (χ0) is 23.1. The lowest BCUT2D eigenvalue weighted by atomic mass is 9.78. The molecular weight excluding hydrogens is 422 g/mol. The molecule has 1 aliphatic carbocycles. The summed E-state index contributed by atoms with van der Waals surface area (Å²) in [5.41, 5.74) is 1.20. The lowest BCUT2D eigenvalue weighted by molar-refractivity contribution is -0.148.